The highest BCUT2D eigenvalue weighted by Gasteiger charge is 2.51. The predicted octanol–water partition coefficient (Wildman–Crippen LogP) is 12.0. The number of hydrogen-bond donors (Lipinski definition) is 2. The van der Waals surface area contributed by atoms with Crippen LogP contribution in [0.2, 0.25) is 5.02 Å². The molecule has 418 valence electrons. The number of furan rings is 2. The number of anilines is 2. The smallest absolute Gasteiger partial charge is 0.454 e. The SMILES string of the molecule is CC1(C)OB(c2ccc(NC3CCOCC3)c(C#N)c2)OC1(C)C.CN(C)C(=O)c1ccc(-c2cc3nccc(-c4ccc(NC5CCOCC5)c(C#N)c4)c3o2)cc1.CN(C)C(=O)c1ccc(-c2cc3nccc(Cl)c3o2)cc1.Cl. The third-order valence-corrected chi connectivity index (χ3v) is 15.0. The quantitative estimate of drug-likeness (QED) is 0.122. The number of pyridine rings is 2. The van der Waals surface area contributed by atoms with Gasteiger partial charge in [-0.1, -0.05) is 48.0 Å². The number of aromatic nitrogens is 2. The van der Waals surface area contributed by atoms with E-state index in [1.54, 1.807) is 80.7 Å². The fourth-order valence-corrected chi connectivity index (χ4v) is 9.58. The Morgan fingerprint density at radius 2 is 1.02 bits per heavy atom. The number of nitriles is 2. The van der Waals surface area contributed by atoms with Gasteiger partial charge < -0.3 is 48.1 Å². The second-order valence-corrected chi connectivity index (χ2v) is 21.7. The van der Waals surface area contributed by atoms with Crippen LogP contribution in [0, 0.1) is 22.7 Å². The molecule has 4 aromatic heterocycles. The van der Waals surface area contributed by atoms with Crippen molar-refractivity contribution < 1.29 is 37.2 Å². The molecule has 0 unspecified atom stereocenters. The summed E-state index contributed by atoms with van der Waals surface area (Å²) in [4.78, 5) is 35.8. The number of benzene rings is 4. The van der Waals surface area contributed by atoms with Gasteiger partial charge in [-0.25, -0.2) is 0 Å². The van der Waals surface area contributed by atoms with Gasteiger partial charge in [0, 0.05) is 119 Å². The molecule has 81 heavy (non-hydrogen) atoms. The second-order valence-electron chi connectivity index (χ2n) is 21.3. The summed E-state index contributed by atoms with van der Waals surface area (Å²) in [6, 6.07) is 38.8. The van der Waals surface area contributed by atoms with Crippen LogP contribution in [0.4, 0.5) is 11.4 Å². The maximum Gasteiger partial charge on any atom is 0.494 e. The number of hydrogen-bond acceptors (Lipinski definition) is 14. The lowest BCUT2D eigenvalue weighted by molar-refractivity contribution is 0.00578. The summed E-state index contributed by atoms with van der Waals surface area (Å²) >= 11 is 6.08. The molecule has 0 saturated carbocycles. The maximum absolute atomic E-state index is 12.2. The van der Waals surface area contributed by atoms with Crippen molar-refractivity contribution in [3.05, 3.63) is 149 Å². The van der Waals surface area contributed by atoms with Crippen molar-refractivity contribution in [1.82, 2.24) is 19.8 Å². The fourth-order valence-electron chi connectivity index (χ4n) is 9.39. The summed E-state index contributed by atoms with van der Waals surface area (Å²) in [5, 5.41) is 26.8. The van der Waals surface area contributed by atoms with Crippen molar-refractivity contribution in [3.8, 4) is 45.9 Å². The maximum atomic E-state index is 12.2. The van der Waals surface area contributed by atoms with Crippen molar-refractivity contribution in [1.29, 1.82) is 10.5 Å². The summed E-state index contributed by atoms with van der Waals surface area (Å²) < 4.78 is 34.9. The molecule has 3 fully saturated rings. The molecule has 3 aliphatic heterocycles. The molecular weight excluding hydrogens is 1070 g/mol. The lowest BCUT2D eigenvalue weighted by Gasteiger charge is -2.32. The van der Waals surface area contributed by atoms with Gasteiger partial charge in [0.1, 0.15) is 34.7 Å². The molecule has 11 rings (SSSR count). The van der Waals surface area contributed by atoms with Crippen LogP contribution in [0.25, 0.3) is 56.0 Å². The second kappa shape index (κ2) is 25.8. The molecular formula is C62H65BCl2N8O8. The topological polar surface area (TPSA) is 201 Å². The Morgan fingerprint density at radius 1 is 0.593 bits per heavy atom. The number of amides is 2. The van der Waals surface area contributed by atoms with Gasteiger partial charge in [0.2, 0.25) is 0 Å². The summed E-state index contributed by atoms with van der Waals surface area (Å²) in [6.07, 6.45) is 7.17. The van der Waals surface area contributed by atoms with E-state index in [9.17, 15) is 20.1 Å². The molecule has 16 nitrogen and oxygen atoms in total. The van der Waals surface area contributed by atoms with Gasteiger partial charge in [0.05, 0.1) is 38.7 Å². The number of ether oxygens (including phenoxy) is 2. The number of nitrogens with zero attached hydrogens (tertiary/aromatic N) is 6. The number of carbonyl (C=O) groups is 2. The van der Waals surface area contributed by atoms with E-state index in [2.05, 4.69) is 32.7 Å². The zero-order valence-electron chi connectivity index (χ0n) is 46.7. The standard InChI is InChI=1S/C28H26N4O3.C18H25BN2O3.C16H13ClN2O2.ClH/c1-32(2)28(33)19-5-3-18(4-6-19)26-16-25-27(35-26)23(9-12-30-25)20-7-8-24(21(15-20)17-29)31-22-10-13-34-14-11-22;1-17(2)18(3,4)24-19(23-17)14-5-6-16(13(11-14)12-20)21-15-7-9-22-10-8-15;1-19(2)16(20)11-5-3-10(4-6-11)14-9-13-15(21-14)12(17)7-8-18-13;/h3-9,12,15-16,22,31H,10-11,13-14H2,1-2H3;5-6,11,15,21H,7-10H2,1-4H3;3-9H,1-2H3;1H. The number of rotatable bonds is 10. The minimum Gasteiger partial charge on any atom is -0.454 e. The van der Waals surface area contributed by atoms with E-state index in [4.69, 9.17) is 39.2 Å². The van der Waals surface area contributed by atoms with Crippen molar-refractivity contribution >= 4 is 82.0 Å². The minimum atomic E-state index is -0.445. The average Bonchev–Trinajstić information content (AvgIpc) is 4.26. The first kappa shape index (κ1) is 59.4. The van der Waals surface area contributed by atoms with E-state index in [1.165, 1.54) is 0 Å². The van der Waals surface area contributed by atoms with Crippen LogP contribution < -0.4 is 16.1 Å². The van der Waals surface area contributed by atoms with E-state index in [1.807, 2.05) is 107 Å². The number of halogens is 2. The molecule has 7 heterocycles. The van der Waals surface area contributed by atoms with Gasteiger partial charge in [-0.15, -0.1) is 12.4 Å². The zero-order valence-corrected chi connectivity index (χ0v) is 48.2. The summed E-state index contributed by atoms with van der Waals surface area (Å²) in [5.74, 6) is 1.26. The van der Waals surface area contributed by atoms with E-state index in [-0.39, 0.29) is 35.4 Å². The monoisotopic (exact) mass is 1130 g/mol. The van der Waals surface area contributed by atoms with Gasteiger partial charge in [-0.05, 0) is 125 Å². The van der Waals surface area contributed by atoms with Crippen LogP contribution in [-0.4, -0.2) is 117 Å². The Labute approximate surface area is 483 Å². The van der Waals surface area contributed by atoms with Crippen molar-refractivity contribution in [3.63, 3.8) is 0 Å². The third kappa shape index (κ3) is 13.7. The van der Waals surface area contributed by atoms with Crippen LogP contribution in [0.15, 0.2) is 130 Å². The molecule has 0 spiro atoms. The van der Waals surface area contributed by atoms with E-state index in [0.717, 1.165) is 96.7 Å². The Kier molecular flexibility index (Phi) is 18.9. The van der Waals surface area contributed by atoms with Crippen molar-refractivity contribution in [2.75, 3.05) is 65.3 Å². The first-order chi connectivity index (χ1) is 38.4. The van der Waals surface area contributed by atoms with Gasteiger partial charge in [0.25, 0.3) is 11.8 Å². The molecule has 4 aromatic carbocycles. The highest BCUT2D eigenvalue weighted by molar-refractivity contribution is 6.62. The van der Waals surface area contributed by atoms with Gasteiger partial charge in [-0.3, -0.25) is 19.6 Å². The molecule has 3 saturated heterocycles. The highest BCUT2D eigenvalue weighted by atomic mass is 35.5. The molecule has 3 aliphatic rings. The lowest BCUT2D eigenvalue weighted by atomic mass is 9.78. The van der Waals surface area contributed by atoms with E-state index in [0.29, 0.717) is 67.6 Å². The third-order valence-electron chi connectivity index (χ3n) is 14.7. The predicted molar refractivity (Wildman–Crippen MR) is 319 cm³/mol. The molecule has 0 aliphatic carbocycles. The van der Waals surface area contributed by atoms with Crippen molar-refractivity contribution in [2.24, 2.45) is 0 Å². The van der Waals surface area contributed by atoms with Crippen LogP contribution in [0.3, 0.4) is 0 Å². The normalized spacial score (nSPS) is 15.7. The minimum absolute atomic E-state index is 0. The van der Waals surface area contributed by atoms with Crippen molar-refractivity contribution in [2.45, 2.75) is 76.7 Å². The molecule has 2 amide bonds. The molecule has 0 bridgehead atoms. The summed E-state index contributed by atoms with van der Waals surface area (Å²) in [7, 11) is 6.47. The Morgan fingerprint density at radius 3 is 1.49 bits per heavy atom. The van der Waals surface area contributed by atoms with Gasteiger partial charge in [0.15, 0.2) is 11.2 Å². The van der Waals surface area contributed by atoms with Crippen LogP contribution in [-0.2, 0) is 18.8 Å². The number of fused-ring (bicyclic) bond motifs is 2. The largest absolute Gasteiger partial charge is 0.494 e. The van der Waals surface area contributed by atoms with E-state index >= 15 is 0 Å². The highest BCUT2D eigenvalue weighted by Crippen LogP contribution is 2.38. The Balaban J connectivity index is 0.000000165. The van der Waals surface area contributed by atoms with Crippen LogP contribution >= 0.6 is 24.0 Å². The Bertz CT molecular complexity index is 3580. The van der Waals surface area contributed by atoms with E-state index < -0.39 is 7.12 Å². The Hall–Kier alpha value is -7.74. The lowest BCUT2D eigenvalue weighted by Crippen LogP contribution is -2.41. The van der Waals surface area contributed by atoms with Gasteiger partial charge in [-0.2, -0.15) is 10.5 Å². The molecule has 0 atom stereocenters. The molecule has 8 aromatic rings. The van der Waals surface area contributed by atoms with Crippen LogP contribution in [0.1, 0.15) is 85.2 Å². The fraction of sp³-hybridized carbons (Fsp3) is 0.323. The molecule has 19 heteroatoms. The number of nitrogens with one attached hydrogen (secondary N) is 2. The number of carbonyl (C=O) groups excluding carboxylic acids is 2. The molecule has 2 N–H and O–H groups in total. The first-order valence-electron chi connectivity index (χ1n) is 26.6. The summed E-state index contributed by atoms with van der Waals surface area (Å²) in [5.41, 5.74) is 10.4. The summed E-state index contributed by atoms with van der Waals surface area (Å²) in [6.45, 7) is 11.1. The zero-order chi connectivity index (χ0) is 56.7. The van der Waals surface area contributed by atoms with Crippen LogP contribution in [0.5, 0.6) is 0 Å². The molecule has 0 radical (unpaired) electrons. The average molecular weight is 1130 g/mol. The first-order valence-corrected chi connectivity index (χ1v) is 27.0. The van der Waals surface area contributed by atoms with Gasteiger partial charge >= 0.3 is 7.12 Å².